The summed E-state index contributed by atoms with van der Waals surface area (Å²) in [6.45, 7) is 6.78. The molecular weight excluding hydrogens is 172 g/mol. The normalized spacial score (nSPS) is 39.4. The Morgan fingerprint density at radius 1 is 1.00 bits per heavy atom. The van der Waals surface area contributed by atoms with Gasteiger partial charge in [-0.25, -0.2) is 0 Å². The van der Waals surface area contributed by atoms with Crippen LogP contribution in [0.25, 0.3) is 0 Å². The van der Waals surface area contributed by atoms with E-state index in [1.165, 1.54) is 58.4 Å². The van der Waals surface area contributed by atoms with E-state index in [2.05, 4.69) is 10.2 Å². The van der Waals surface area contributed by atoms with E-state index in [1.807, 2.05) is 0 Å². The summed E-state index contributed by atoms with van der Waals surface area (Å²) in [7, 11) is 0. The minimum atomic E-state index is 1.03. The zero-order valence-electron chi connectivity index (χ0n) is 9.04. The monoisotopic (exact) mass is 194 g/mol. The van der Waals surface area contributed by atoms with Crippen molar-refractivity contribution >= 4 is 0 Å². The summed E-state index contributed by atoms with van der Waals surface area (Å²) in [4.78, 5) is 2.69. The molecule has 2 nitrogen and oxygen atoms in total. The topological polar surface area (TPSA) is 15.3 Å². The molecule has 3 fully saturated rings. The molecule has 3 aliphatic rings. The van der Waals surface area contributed by atoms with Crippen LogP contribution in [0.4, 0.5) is 0 Å². The molecule has 14 heavy (non-hydrogen) atoms. The Kier molecular flexibility index (Phi) is 2.50. The fourth-order valence-electron chi connectivity index (χ4n) is 3.77. The van der Waals surface area contributed by atoms with Crippen LogP contribution in [0, 0.1) is 17.8 Å². The highest BCUT2D eigenvalue weighted by molar-refractivity contribution is 4.91. The van der Waals surface area contributed by atoms with Crippen LogP contribution in [0.15, 0.2) is 0 Å². The second-order valence-electron chi connectivity index (χ2n) is 5.52. The third-order valence-electron chi connectivity index (χ3n) is 4.47. The molecule has 0 aromatic carbocycles. The van der Waals surface area contributed by atoms with Crippen molar-refractivity contribution in [2.45, 2.75) is 25.7 Å². The summed E-state index contributed by atoms with van der Waals surface area (Å²) < 4.78 is 0. The van der Waals surface area contributed by atoms with Crippen LogP contribution >= 0.6 is 0 Å². The molecule has 0 aromatic rings. The Balaban J connectivity index is 1.50. The third kappa shape index (κ3) is 1.70. The number of likely N-dealkylation sites (tertiary alicyclic amines) is 1. The van der Waals surface area contributed by atoms with Crippen LogP contribution in [0.5, 0.6) is 0 Å². The van der Waals surface area contributed by atoms with Gasteiger partial charge in [-0.15, -0.1) is 0 Å². The third-order valence-corrected chi connectivity index (χ3v) is 4.47. The van der Waals surface area contributed by atoms with Gasteiger partial charge >= 0.3 is 0 Å². The molecule has 0 spiro atoms. The Hall–Kier alpha value is -0.0800. The van der Waals surface area contributed by atoms with Crippen molar-refractivity contribution in [2.75, 3.05) is 32.7 Å². The van der Waals surface area contributed by atoms with Crippen LogP contribution in [0.3, 0.4) is 0 Å². The number of hydrogen-bond donors (Lipinski definition) is 1. The van der Waals surface area contributed by atoms with Crippen molar-refractivity contribution in [3.05, 3.63) is 0 Å². The van der Waals surface area contributed by atoms with Crippen molar-refractivity contribution in [3.8, 4) is 0 Å². The quantitative estimate of drug-likeness (QED) is 0.713. The molecule has 2 heteroatoms. The van der Waals surface area contributed by atoms with Crippen LogP contribution in [-0.4, -0.2) is 37.6 Å². The van der Waals surface area contributed by atoms with Crippen LogP contribution < -0.4 is 5.32 Å². The maximum atomic E-state index is 3.52. The largest absolute Gasteiger partial charge is 0.316 e. The SMILES string of the molecule is C1CCN(CC2C[C@H]3CNC[C@@H]3C2)C1. The van der Waals surface area contributed by atoms with Gasteiger partial charge < -0.3 is 10.2 Å². The number of hydrogen-bond acceptors (Lipinski definition) is 2. The first-order valence-corrected chi connectivity index (χ1v) is 6.35. The molecule has 3 rings (SSSR count). The predicted octanol–water partition coefficient (Wildman–Crippen LogP) is 1.33. The van der Waals surface area contributed by atoms with Crippen LogP contribution in [0.1, 0.15) is 25.7 Å². The molecule has 2 atom stereocenters. The molecule has 1 aliphatic carbocycles. The Bertz CT molecular complexity index is 186. The van der Waals surface area contributed by atoms with E-state index >= 15 is 0 Å². The number of rotatable bonds is 2. The highest BCUT2D eigenvalue weighted by Crippen LogP contribution is 2.39. The van der Waals surface area contributed by atoms with Crippen LogP contribution in [-0.2, 0) is 0 Å². The van der Waals surface area contributed by atoms with E-state index in [9.17, 15) is 0 Å². The van der Waals surface area contributed by atoms with Gasteiger partial charge in [-0.2, -0.15) is 0 Å². The van der Waals surface area contributed by atoms with E-state index in [0.29, 0.717) is 0 Å². The summed E-state index contributed by atoms with van der Waals surface area (Å²) in [5, 5.41) is 3.52. The smallest absolute Gasteiger partial charge is 0.000988 e. The maximum absolute atomic E-state index is 3.52. The van der Waals surface area contributed by atoms with Gasteiger partial charge in [-0.3, -0.25) is 0 Å². The van der Waals surface area contributed by atoms with Crippen molar-refractivity contribution in [3.63, 3.8) is 0 Å². The van der Waals surface area contributed by atoms with E-state index in [1.54, 1.807) is 0 Å². The summed E-state index contributed by atoms with van der Waals surface area (Å²) in [5.74, 6) is 3.09. The minimum Gasteiger partial charge on any atom is -0.316 e. The lowest BCUT2D eigenvalue weighted by atomic mass is 10.0. The highest BCUT2D eigenvalue weighted by atomic mass is 15.1. The number of nitrogens with zero attached hydrogens (tertiary/aromatic N) is 1. The van der Waals surface area contributed by atoms with Gasteiger partial charge in [0, 0.05) is 6.54 Å². The fraction of sp³-hybridized carbons (Fsp3) is 1.00. The second-order valence-corrected chi connectivity index (χ2v) is 5.52. The van der Waals surface area contributed by atoms with Gasteiger partial charge in [0.1, 0.15) is 0 Å². The summed E-state index contributed by atoms with van der Waals surface area (Å²) in [5.41, 5.74) is 0. The van der Waals surface area contributed by atoms with Gasteiger partial charge in [0.25, 0.3) is 0 Å². The van der Waals surface area contributed by atoms with Crippen molar-refractivity contribution in [1.82, 2.24) is 10.2 Å². The zero-order valence-corrected chi connectivity index (χ0v) is 9.04. The average molecular weight is 194 g/mol. The maximum Gasteiger partial charge on any atom is 0.000988 e. The lowest BCUT2D eigenvalue weighted by Crippen LogP contribution is -2.26. The summed E-state index contributed by atoms with van der Waals surface area (Å²) in [6, 6.07) is 0. The Morgan fingerprint density at radius 2 is 1.64 bits per heavy atom. The summed E-state index contributed by atoms with van der Waals surface area (Å²) in [6.07, 6.45) is 5.91. The molecule has 0 amide bonds. The molecule has 80 valence electrons. The van der Waals surface area contributed by atoms with E-state index in [4.69, 9.17) is 0 Å². The van der Waals surface area contributed by atoms with E-state index in [-0.39, 0.29) is 0 Å². The first-order valence-electron chi connectivity index (χ1n) is 6.35. The first-order chi connectivity index (χ1) is 6.92. The first kappa shape index (κ1) is 9.17. The number of fused-ring (bicyclic) bond motifs is 1. The molecule has 0 unspecified atom stereocenters. The van der Waals surface area contributed by atoms with Gasteiger partial charge in [-0.05, 0) is 69.6 Å². The standard InChI is InChI=1S/C12H22N2/c1-2-4-14(3-1)9-10-5-11-7-13-8-12(11)6-10/h10-13H,1-9H2/t11-,12-/m0/s1. The number of nitrogens with one attached hydrogen (secondary N) is 1. The lowest BCUT2D eigenvalue weighted by Gasteiger charge is -2.20. The van der Waals surface area contributed by atoms with Crippen molar-refractivity contribution in [1.29, 1.82) is 0 Å². The Labute approximate surface area is 87.0 Å². The van der Waals surface area contributed by atoms with Gasteiger partial charge in [-0.1, -0.05) is 0 Å². The average Bonchev–Trinajstić information content (AvgIpc) is 2.78. The molecule has 0 bridgehead atoms. The van der Waals surface area contributed by atoms with Crippen LogP contribution in [0.2, 0.25) is 0 Å². The molecule has 1 N–H and O–H groups in total. The molecule has 2 saturated heterocycles. The van der Waals surface area contributed by atoms with Gasteiger partial charge in [0.05, 0.1) is 0 Å². The zero-order chi connectivity index (χ0) is 9.38. The molecule has 1 saturated carbocycles. The van der Waals surface area contributed by atoms with Crippen molar-refractivity contribution in [2.24, 2.45) is 17.8 Å². The minimum absolute atomic E-state index is 1.03. The predicted molar refractivity (Wildman–Crippen MR) is 58.2 cm³/mol. The van der Waals surface area contributed by atoms with E-state index in [0.717, 1.165) is 17.8 Å². The molecule has 0 radical (unpaired) electrons. The molecule has 0 aromatic heterocycles. The molecule has 2 aliphatic heterocycles. The highest BCUT2D eigenvalue weighted by Gasteiger charge is 2.37. The van der Waals surface area contributed by atoms with Gasteiger partial charge in [0.15, 0.2) is 0 Å². The van der Waals surface area contributed by atoms with Gasteiger partial charge in [0.2, 0.25) is 0 Å². The fourth-order valence-corrected chi connectivity index (χ4v) is 3.77. The van der Waals surface area contributed by atoms with Crippen molar-refractivity contribution < 1.29 is 0 Å². The van der Waals surface area contributed by atoms with E-state index < -0.39 is 0 Å². The molecular formula is C12H22N2. The Morgan fingerprint density at radius 3 is 2.29 bits per heavy atom. The second kappa shape index (κ2) is 3.82. The molecule has 2 heterocycles. The lowest BCUT2D eigenvalue weighted by molar-refractivity contribution is 0.272. The summed E-state index contributed by atoms with van der Waals surface area (Å²) >= 11 is 0.